The van der Waals surface area contributed by atoms with Crippen molar-refractivity contribution in [2.75, 3.05) is 12.3 Å². The molecule has 0 atom stereocenters. The largest absolute Gasteiger partial charge is 0.334 e. The predicted octanol–water partition coefficient (Wildman–Crippen LogP) is 3.14. The number of amides is 3. The van der Waals surface area contributed by atoms with Crippen LogP contribution in [-0.2, 0) is 4.79 Å². The zero-order valence-corrected chi connectivity index (χ0v) is 16.8. The van der Waals surface area contributed by atoms with Crippen molar-refractivity contribution in [3.05, 3.63) is 76.6 Å². The lowest BCUT2D eigenvalue weighted by molar-refractivity contribution is -0.117. The van der Waals surface area contributed by atoms with Crippen LogP contribution >= 0.6 is 23.4 Å². The number of aromatic nitrogens is 2. The molecule has 0 fully saturated rings. The first-order chi connectivity index (χ1) is 14.0. The normalized spacial score (nSPS) is 10.5. The molecule has 0 aliphatic rings. The number of benzene rings is 2. The first kappa shape index (κ1) is 20.6. The average molecular weight is 429 g/mol. The summed E-state index contributed by atoms with van der Waals surface area (Å²) in [7, 11) is 0. The summed E-state index contributed by atoms with van der Waals surface area (Å²) >= 11 is 7.33. The molecule has 148 valence electrons. The molecule has 1 aromatic heterocycles. The van der Waals surface area contributed by atoms with Crippen LogP contribution in [0.4, 0.5) is 4.79 Å². The Kier molecular flexibility index (Phi) is 6.69. The molecule has 29 heavy (non-hydrogen) atoms. The molecule has 1 heterocycles. The van der Waals surface area contributed by atoms with Gasteiger partial charge in [-0.25, -0.2) is 9.78 Å². The van der Waals surface area contributed by atoms with Crippen LogP contribution in [0.2, 0.25) is 5.02 Å². The monoisotopic (exact) mass is 428 g/mol. The Morgan fingerprint density at radius 3 is 2.66 bits per heavy atom. The quantitative estimate of drug-likeness (QED) is 0.357. The molecule has 2 aromatic carbocycles. The number of thioether (sulfide) groups is 1. The van der Waals surface area contributed by atoms with Crippen LogP contribution < -0.4 is 16.2 Å². The lowest BCUT2D eigenvalue weighted by Crippen LogP contribution is -2.40. The van der Waals surface area contributed by atoms with Gasteiger partial charge in [0, 0.05) is 6.54 Å². The van der Waals surface area contributed by atoms with E-state index < -0.39 is 11.9 Å². The summed E-state index contributed by atoms with van der Waals surface area (Å²) in [5.41, 5.74) is 0.673. The van der Waals surface area contributed by atoms with Crippen LogP contribution in [-0.4, -0.2) is 33.8 Å². The number of urea groups is 1. The van der Waals surface area contributed by atoms with Gasteiger partial charge < -0.3 is 5.32 Å². The second-order valence-electron chi connectivity index (χ2n) is 5.84. The minimum atomic E-state index is -0.620. The van der Waals surface area contributed by atoms with Crippen molar-refractivity contribution in [3.63, 3.8) is 0 Å². The number of para-hydroxylation sites is 2. The first-order valence-corrected chi connectivity index (χ1v) is 9.95. The average Bonchev–Trinajstić information content (AvgIpc) is 2.72. The Hall–Kier alpha value is -3.10. The van der Waals surface area contributed by atoms with E-state index in [-0.39, 0.29) is 17.9 Å². The highest BCUT2D eigenvalue weighted by atomic mass is 35.5. The van der Waals surface area contributed by atoms with Crippen LogP contribution in [0.25, 0.3) is 16.6 Å². The van der Waals surface area contributed by atoms with Gasteiger partial charge >= 0.3 is 6.03 Å². The molecule has 0 aliphatic heterocycles. The summed E-state index contributed by atoms with van der Waals surface area (Å²) in [5, 5.41) is 5.77. The Balaban J connectivity index is 1.94. The van der Waals surface area contributed by atoms with Crippen molar-refractivity contribution in [2.45, 2.75) is 5.16 Å². The van der Waals surface area contributed by atoms with Gasteiger partial charge in [-0.2, -0.15) is 0 Å². The number of nitrogens with zero attached hydrogens (tertiary/aromatic N) is 2. The summed E-state index contributed by atoms with van der Waals surface area (Å²) in [6, 6.07) is 13.2. The van der Waals surface area contributed by atoms with E-state index >= 15 is 0 Å². The molecule has 0 unspecified atom stereocenters. The van der Waals surface area contributed by atoms with Gasteiger partial charge in [0.25, 0.3) is 5.56 Å². The number of carbonyl (C=O) groups excluding carboxylic acids is 2. The van der Waals surface area contributed by atoms with Gasteiger partial charge in [0.05, 0.1) is 27.4 Å². The van der Waals surface area contributed by atoms with E-state index in [9.17, 15) is 14.4 Å². The highest BCUT2D eigenvalue weighted by Crippen LogP contribution is 2.25. The van der Waals surface area contributed by atoms with E-state index in [0.717, 1.165) is 11.8 Å². The van der Waals surface area contributed by atoms with Gasteiger partial charge in [0.15, 0.2) is 5.16 Å². The zero-order valence-electron chi connectivity index (χ0n) is 15.2. The lowest BCUT2D eigenvalue weighted by Gasteiger charge is -2.14. The van der Waals surface area contributed by atoms with Crippen LogP contribution in [0.3, 0.4) is 0 Å². The molecular weight excluding hydrogens is 412 g/mol. The summed E-state index contributed by atoms with van der Waals surface area (Å²) in [6.45, 7) is 3.72. The van der Waals surface area contributed by atoms with E-state index in [1.54, 1.807) is 48.5 Å². The molecule has 0 spiro atoms. The van der Waals surface area contributed by atoms with Crippen molar-refractivity contribution in [1.29, 1.82) is 0 Å². The summed E-state index contributed by atoms with van der Waals surface area (Å²) < 4.78 is 1.38. The van der Waals surface area contributed by atoms with E-state index in [4.69, 9.17) is 11.6 Å². The SMILES string of the molecule is C=CCNC(=O)NC(=O)CSc1nc2ccccc2c(=O)n1-c1ccccc1Cl. The van der Waals surface area contributed by atoms with Crippen LogP contribution in [0.5, 0.6) is 0 Å². The molecule has 0 radical (unpaired) electrons. The Morgan fingerprint density at radius 2 is 1.90 bits per heavy atom. The Morgan fingerprint density at radius 1 is 1.17 bits per heavy atom. The molecule has 3 amide bonds. The van der Waals surface area contributed by atoms with Crippen LogP contribution in [0.15, 0.2) is 71.1 Å². The third-order valence-electron chi connectivity index (χ3n) is 3.83. The number of rotatable bonds is 6. The smallest absolute Gasteiger partial charge is 0.321 e. The molecule has 3 rings (SSSR count). The number of hydrogen-bond donors (Lipinski definition) is 2. The van der Waals surface area contributed by atoms with Gasteiger partial charge in [-0.1, -0.05) is 53.7 Å². The van der Waals surface area contributed by atoms with Gasteiger partial charge in [0.2, 0.25) is 5.91 Å². The lowest BCUT2D eigenvalue weighted by atomic mass is 10.2. The molecule has 0 bridgehead atoms. The maximum atomic E-state index is 13.1. The number of hydrogen-bond acceptors (Lipinski definition) is 5. The van der Waals surface area contributed by atoms with Gasteiger partial charge in [-0.05, 0) is 24.3 Å². The fraction of sp³-hybridized carbons (Fsp3) is 0.100. The van der Waals surface area contributed by atoms with E-state index in [0.29, 0.717) is 26.8 Å². The molecule has 9 heteroatoms. The molecule has 3 aromatic rings. The molecule has 7 nitrogen and oxygen atoms in total. The maximum Gasteiger partial charge on any atom is 0.321 e. The molecule has 0 aliphatic carbocycles. The minimum absolute atomic E-state index is 0.114. The predicted molar refractivity (Wildman–Crippen MR) is 115 cm³/mol. The second kappa shape index (κ2) is 9.40. The standard InChI is InChI=1S/C20H17ClN4O3S/c1-2-11-22-19(28)24-17(26)12-29-20-23-15-9-5-3-7-13(15)18(27)25(20)16-10-6-4-8-14(16)21/h2-10H,1,11-12H2,(H2,22,24,26,28). The summed E-state index contributed by atoms with van der Waals surface area (Å²) in [5.74, 6) is -0.638. The van der Waals surface area contributed by atoms with E-state index in [2.05, 4.69) is 22.2 Å². The van der Waals surface area contributed by atoms with Crippen molar-refractivity contribution in [1.82, 2.24) is 20.2 Å². The topological polar surface area (TPSA) is 93.1 Å². The van der Waals surface area contributed by atoms with Gasteiger partial charge in [-0.15, -0.1) is 6.58 Å². The van der Waals surface area contributed by atoms with E-state index in [1.165, 1.54) is 10.6 Å². The third-order valence-corrected chi connectivity index (χ3v) is 5.09. The van der Waals surface area contributed by atoms with Crippen molar-refractivity contribution in [3.8, 4) is 5.69 Å². The number of nitrogens with one attached hydrogen (secondary N) is 2. The number of fused-ring (bicyclic) bond motifs is 1. The van der Waals surface area contributed by atoms with Gasteiger partial charge in [0.1, 0.15) is 0 Å². The molecular formula is C20H17ClN4O3S. The van der Waals surface area contributed by atoms with Crippen molar-refractivity contribution in [2.24, 2.45) is 0 Å². The number of halogens is 1. The van der Waals surface area contributed by atoms with Crippen molar-refractivity contribution >= 4 is 46.2 Å². The van der Waals surface area contributed by atoms with Crippen LogP contribution in [0.1, 0.15) is 0 Å². The highest BCUT2D eigenvalue weighted by molar-refractivity contribution is 7.99. The Labute approximate surface area is 175 Å². The van der Waals surface area contributed by atoms with Crippen LogP contribution in [0, 0.1) is 0 Å². The summed E-state index contributed by atoms with van der Waals surface area (Å²) in [4.78, 5) is 41.3. The number of carbonyl (C=O) groups is 2. The maximum absolute atomic E-state index is 13.1. The highest BCUT2D eigenvalue weighted by Gasteiger charge is 2.17. The molecule has 2 N–H and O–H groups in total. The second-order valence-corrected chi connectivity index (χ2v) is 7.19. The third kappa shape index (κ3) is 4.85. The van der Waals surface area contributed by atoms with Crippen molar-refractivity contribution < 1.29 is 9.59 Å². The van der Waals surface area contributed by atoms with Gasteiger partial charge in [-0.3, -0.25) is 19.5 Å². The fourth-order valence-electron chi connectivity index (χ4n) is 2.56. The fourth-order valence-corrected chi connectivity index (χ4v) is 3.58. The van der Waals surface area contributed by atoms with E-state index in [1.807, 2.05) is 0 Å². The molecule has 0 saturated heterocycles. The Bertz CT molecular complexity index is 1150. The summed E-state index contributed by atoms with van der Waals surface area (Å²) in [6.07, 6.45) is 1.50. The minimum Gasteiger partial charge on any atom is -0.334 e. The zero-order chi connectivity index (χ0) is 20.8. The number of imide groups is 1. The molecule has 0 saturated carbocycles. The first-order valence-electron chi connectivity index (χ1n) is 8.59.